The third-order valence-electron chi connectivity index (χ3n) is 16.2. The van der Waals surface area contributed by atoms with E-state index in [-0.39, 0.29) is 24.7 Å². The van der Waals surface area contributed by atoms with E-state index in [9.17, 15) is 44.7 Å². The van der Waals surface area contributed by atoms with Crippen LogP contribution in [0.15, 0.2) is 24.3 Å². The third-order valence-corrected chi connectivity index (χ3v) is 16.2. The van der Waals surface area contributed by atoms with Gasteiger partial charge in [-0.05, 0) is 134 Å². The van der Waals surface area contributed by atoms with Crippen LogP contribution < -0.4 is 42.5 Å². The zero-order valence-electron chi connectivity index (χ0n) is 51.5. The molecular weight excluding hydrogens is 1070 g/mol. The van der Waals surface area contributed by atoms with Gasteiger partial charge < -0.3 is 82.4 Å². The highest BCUT2D eigenvalue weighted by molar-refractivity contribution is 5.90. The molecule has 0 saturated carbocycles. The van der Waals surface area contributed by atoms with Crippen molar-refractivity contribution in [2.75, 3.05) is 131 Å². The normalized spacial score (nSPS) is 22.9. The fourth-order valence-electron chi connectivity index (χ4n) is 11.0. The second kappa shape index (κ2) is 46.7. The van der Waals surface area contributed by atoms with Gasteiger partial charge in [0, 0.05) is 84.8 Å². The second-order valence-corrected chi connectivity index (χ2v) is 23.5. The van der Waals surface area contributed by atoms with E-state index >= 15 is 0 Å². The van der Waals surface area contributed by atoms with Gasteiger partial charge in [0.25, 0.3) is 0 Å². The first kappa shape index (κ1) is 73.0. The van der Waals surface area contributed by atoms with Crippen molar-refractivity contribution in [1.29, 1.82) is 0 Å². The Bertz CT molecular complexity index is 1830. The van der Waals surface area contributed by atoms with Crippen LogP contribution in [0.2, 0.25) is 0 Å². The molecule has 1 aromatic carbocycles. The number of amides is 3. The van der Waals surface area contributed by atoms with Gasteiger partial charge in [-0.1, -0.05) is 95.4 Å². The molecule has 3 saturated heterocycles. The van der Waals surface area contributed by atoms with Crippen molar-refractivity contribution in [3.8, 4) is 0 Å². The number of aliphatic carboxylic acids is 1. The summed E-state index contributed by atoms with van der Waals surface area (Å²) < 4.78 is 10.8. The number of rotatable bonds is 34. The lowest BCUT2D eigenvalue weighted by atomic mass is 9.99. The number of carbonyl (C=O) groups excluding carboxylic acids is 3. The monoisotopic (exact) mass is 1190 g/mol. The predicted octanol–water partition coefficient (Wildman–Crippen LogP) is 2.16. The number of hydrogen-bond donors (Lipinski definition) is 13. The summed E-state index contributed by atoms with van der Waals surface area (Å²) in [5.41, 5.74) is 2.73. The molecule has 0 bridgehead atoms. The summed E-state index contributed by atoms with van der Waals surface area (Å²) in [7, 11) is 0. The lowest BCUT2D eigenvalue weighted by Crippen LogP contribution is -2.60. The van der Waals surface area contributed by atoms with Gasteiger partial charge in [0.05, 0.1) is 13.2 Å². The second-order valence-electron chi connectivity index (χ2n) is 23.5. The topological polar surface area (TPSA) is 294 Å². The van der Waals surface area contributed by atoms with Crippen LogP contribution in [-0.4, -0.2) is 238 Å². The van der Waals surface area contributed by atoms with Gasteiger partial charge in [-0.3, -0.25) is 24.2 Å². The fourth-order valence-corrected chi connectivity index (χ4v) is 11.0. The molecular formula is C62H115N11O11. The van der Waals surface area contributed by atoms with Crippen LogP contribution in [0.3, 0.4) is 0 Å². The SMILES string of the molecule is CCCCCCCCCCCCCC(=O)N[C@@H](CCCCNC(=O)CCCCN1CCCNCCN(Cc2ccc(CN3CCCNCCNCCCNCC3)cc2)CCCNCC1)C(=O)N[C@@H](CO[C@@H]1O[C@H](CO)[C@H](O)[C@H](O)[C@H]1O)C(=O)O. The number of carboxylic acid groups (broad SMARTS) is 1. The fraction of sp³-hybridized carbons (Fsp3) is 0.839. The molecule has 3 fully saturated rings. The summed E-state index contributed by atoms with van der Waals surface area (Å²) in [5, 5.41) is 76.5. The Morgan fingerprint density at radius 3 is 1.62 bits per heavy atom. The summed E-state index contributed by atoms with van der Waals surface area (Å²) in [5.74, 6) is -2.55. The number of aliphatic hydroxyl groups excluding tert-OH is 4. The van der Waals surface area contributed by atoms with Gasteiger partial charge in [-0.25, -0.2) is 4.79 Å². The molecule has 4 rings (SSSR count). The van der Waals surface area contributed by atoms with E-state index in [1.807, 2.05) is 0 Å². The molecule has 3 aliphatic rings. The first-order valence-corrected chi connectivity index (χ1v) is 32.8. The Labute approximate surface area is 503 Å². The average molecular weight is 1190 g/mol. The maximum absolute atomic E-state index is 13.7. The van der Waals surface area contributed by atoms with Crippen LogP contribution in [0, 0.1) is 0 Å². The van der Waals surface area contributed by atoms with Crippen molar-refractivity contribution >= 4 is 23.7 Å². The summed E-state index contributed by atoms with van der Waals surface area (Å²) in [6.45, 7) is 20.2. The van der Waals surface area contributed by atoms with Gasteiger partial charge in [0.2, 0.25) is 17.7 Å². The van der Waals surface area contributed by atoms with Gasteiger partial charge in [0.1, 0.15) is 30.5 Å². The summed E-state index contributed by atoms with van der Waals surface area (Å²) in [6, 6.07) is 6.61. The molecule has 84 heavy (non-hydrogen) atoms. The summed E-state index contributed by atoms with van der Waals surface area (Å²) >= 11 is 0. The minimum Gasteiger partial charge on any atom is -0.480 e. The molecule has 0 radical (unpaired) electrons. The number of unbranched alkanes of at least 4 members (excludes halogenated alkanes) is 12. The Balaban J connectivity index is 1.13. The average Bonchev–Trinajstić information content (AvgIpc) is 3.68. The Morgan fingerprint density at radius 2 is 1.06 bits per heavy atom. The third kappa shape index (κ3) is 33.0. The number of aliphatic hydroxyl groups is 4. The van der Waals surface area contributed by atoms with E-state index in [2.05, 4.69) is 88.4 Å². The molecule has 13 N–H and O–H groups in total. The molecule has 22 nitrogen and oxygen atoms in total. The Hall–Kier alpha value is -3.46. The summed E-state index contributed by atoms with van der Waals surface area (Å²) in [6.07, 6.45) is 12.4. The lowest BCUT2D eigenvalue weighted by molar-refractivity contribution is -0.301. The van der Waals surface area contributed by atoms with Crippen molar-refractivity contribution in [3.05, 3.63) is 35.4 Å². The molecule has 0 unspecified atom stereocenters. The zero-order valence-corrected chi connectivity index (χ0v) is 51.5. The number of benzene rings is 1. The standard InChI is InChI=1S/C62H115N11O11/c1-2-3-4-5-6-7-8-9-10-11-12-23-56(76)69-52(60(80)70-53(61(81)82)49-83-62-59(79)58(78)57(77)54(48-74)84-62)21-13-15-33-68-55(75)22-14-16-39-71-40-18-31-67-38-45-73(42-20-32-66-36-43-71)47-51-26-24-50(25-27-51)46-72-41-19-30-64-35-34-63-28-17-29-65-37-44-72/h24-27,52-54,57-59,62-67,74,77-79H,2-23,28-49H2,1H3,(H,68,75)(H,69,76)(H,70,80)(H,81,82)/t52-,53-,54+,57-,58-,59+,62+/m0/s1. The van der Waals surface area contributed by atoms with E-state index in [4.69, 9.17) is 9.47 Å². The van der Waals surface area contributed by atoms with Gasteiger partial charge in [0.15, 0.2) is 12.3 Å². The molecule has 484 valence electrons. The van der Waals surface area contributed by atoms with E-state index in [0.717, 1.165) is 182 Å². The lowest BCUT2D eigenvalue weighted by Gasteiger charge is -2.39. The van der Waals surface area contributed by atoms with Crippen molar-refractivity contribution in [2.45, 2.75) is 204 Å². The van der Waals surface area contributed by atoms with Gasteiger partial charge >= 0.3 is 5.97 Å². The molecule has 1 aromatic rings. The maximum Gasteiger partial charge on any atom is 0.328 e. The number of nitrogens with zero attached hydrogens (tertiary/aromatic N) is 3. The van der Waals surface area contributed by atoms with Crippen molar-refractivity contribution in [3.63, 3.8) is 0 Å². The number of carbonyl (C=O) groups is 4. The molecule has 22 heteroatoms. The van der Waals surface area contributed by atoms with E-state index in [1.54, 1.807) is 0 Å². The van der Waals surface area contributed by atoms with Crippen LogP contribution in [-0.2, 0) is 41.7 Å². The van der Waals surface area contributed by atoms with Gasteiger partial charge in [-0.15, -0.1) is 0 Å². The molecule has 3 heterocycles. The van der Waals surface area contributed by atoms with Crippen molar-refractivity contribution in [2.24, 2.45) is 0 Å². The highest BCUT2D eigenvalue weighted by Crippen LogP contribution is 2.22. The van der Waals surface area contributed by atoms with Gasteiger partial charge in [-0.2, -0.15) is 0 Å². The molecule has 0 aromatic heterocycles. The molecule has 3 aliphatic heterocycles. The number of carboxylic acids is 1. The number of nitrogens with one attached hydrogen (secondary N) is 8. The van der Waals surface area contributed by atoms with Crippen molar-refractivity contribution in [1.82, 2.24) is 57.2 Å². The quantitative estimate of drug-likeness (QED) is 0.0440. The van der Waals surface area contributed by atoms with E-state index < -0.39 is 67.9 Å². The first-order valence-electron chi connectivity index (χ1n) is 32.8. The maximum atomic E-state index is 13.7. The largest absolute Gasteiger partial charge is 0.480 e. The smallest absolute Gasteiger partial charge is 0.328 e. The van der Waals surface area contributed by atoms with E-state index in [0.29, 0.717) is 32.2 Å². The minimum absolute atomic E-state index is 0.0408. The number of hydrogen-bond acceptors (Lipinski definition) is 18. The Morgan fingerprint density at radius 1 is 0.560 bits per heavy atom. The molecule has 3 amide bonds. The molecule has 7 atom stereocenters. The zero-order chi connectivity index (χ0) is 60.2. The molecule has 0 spiro atoms. The highest BCUT2D eigenvalue weighted by Gasteiger charge is 2.44. The van der Waals surface area contributed by atoms with Crippen molar-refractivity contribution < 1.29 is 54.2 Å². The van der Waals surface area contributed by atoms with Crippen LogP contribution in [0.4, 0.5) is 0 Å². The van der Waals surface area contributed by atoms with Crippen LogP contribution in [0.25, 0.3) is 0 Å². The van der Waals surface area contributed by atoms with Crippen LogP contribution in [0.5, 0.6) is 0 Å². The number of ether oxygens (including phenoxy) is 2. The Kier molecular flexibility index (Phi) is 40.6. The minimum atomic E-state index is -1.76. The van der Waals surface area contributed by atoms with Crippen LogP contribution >= 0.6 is 0 Å². The first-order chi connectivity index (χ1) is 41.0. The molecule has 0 aliphatic carbocycles. The summed E-state index contributed by atoms with van der Waals surface area (Å²) in [4.78, 5) is 59.7. The highest BCUT2D eigenvalue weighted by atomic mass is 16.7. The van der Waals surface area contributed by atoms with E-state index in [1.165, 1.54) is 56.1 Å². The van der Waals surface area contributed by atoms with Crippen LogP contribution in [0.1, 0.15) is 159 Å². The predicted molar refractivity (Wildman–Crippen MR) is 329 cm³/mol.